The second kappa shape index (κ2) is 6.83. The number of methoxy groups -OCH3 is 1. The van der Waals surface area contributed by atoms with Crippen LogP contribution in [0, 0.1) is 0 Å². The third-order valence-corrected chi connectivity index (χ3v) is 3.18. The molecule has 0 aliphatic carbocycles. The summed E-state index contributed by atoms with van der Waals surface area (Å²) in [6.45, 7) is 5.26. The van der Waals surface area contributed by atoms with Gasteiger partial charge in [0, 0.05) is 38.1 Å². The zero-order valence-electron chi connectivity index (χ0n) is 12.6. The molecule has 1 amide bonds. The Morgan fingerprint density at radius 1 is 1.33 bits per heavy atom. The van der Waals surface area contributed by atoms with Crippen LogP contribution in [-0.2, 0) is 17.9 Å². The molecule has 1 aromatic carbocycles. The predicted molar refractivity (Wildman–Crippen MR) is 84.7 cm³/mol. The molecule has 0 spiro atoms. The summed E-state index contributed by atoms with van der Waals surface area (Å²) in [6, 6.07) is 7.61. The van der Waals surface area contributed by atoms with E-state index in [0.717, 1.165) is 23.7 Å². The number of benzene rings is 1. The predicted octanol–water partition coefficient (Wildman–Crippen LogP) is 3.09. The van der Waals surface area contributed by atoms with Gasteiger partial charge in [-0.05, 0) is 36.8 Å². The molecule has 112 valence electrons. The van der Waals surface area contributed by atoms with Gasteiger partial charge in [0.25, 0.3) is 0 Å². The standard InChI is InChI=1S/C16H21N3O2/c1-4-19-8-7-13(11-19)10-17-15-9-14(18-12(2)20)5-6-16(15)21-3/h5-9,11,17H,4,10H2,1-3H3,(H,18,20). The Labute approximate surface area is 124 Å². The number of nitrogens with zero attached hydrogens (tertiary/aromatic N) is 1. The van der Waals surface area contributed by atoms with Crippen molar-refractivity contribution in [2.24, 2.45) is 0 Å². The fourth-order valence-corrected chi connectivity index (χ4v) is 2.12. The third-order valence-electron chi connectivity index (χ3n) is 3.18. The monoisotopic (exact) mass is 287 g/mol. The van der Waals surface area contributed by atoms with Gasteiger partial charge in [-0.15, -0.1) is 0 Å². The molecule has 21 heavy (non-hydrogen) atoms. The fourth-order valence-electron chi connectivity index (χ4n) is 2.12. The summed E-state index contributed by atoms with van der Waals surface area (Å²) < 4.78 is 7.47. The lowest BCUT2D eigenvalue weighted by Crippen LogP contribution is -2.07. The molecule has 0 aliphatic rings. The molecular weight excluding hydrogens is 266 g/mol. The number of aromatic nitrogens is 1. The van der Waals surface area contributed by atoms with Crippen LogP contribution in [0.25, 0.3) is 0 Å². The van der Waals surface area contributed by atoms with Gasteiger partial charge in [0.1, 0.15) is 5.75 Å². The first-order valence-corrected chi connectivity index (χ1v) is 6.96. The molecule has 0 radical (unpaired) electrons. The van der Waals surface area contributed by atoms with Gasteiger partial charge in [-0.2, -0.15) is 0 Å². The third kappa shape index (κ3) is 4.02. The number of rotatable bonds is 6. The van der Waals surface area contributed by atoms with Gasteiger partial charge in [-0.1, -0.05) is 0 Å². The van der Waals surface area contributed by atoms with E-state index in [1.807, 2.05) is 18.2 Å². The molecule has 1 aromatic heterocycles. The first-order chi connectivity index (χ1) is 10.1. The Balaban J connectivity index is 2.11. The van der Waals surface area contributed by atoms with Crippen molar-refractivity contribution in [3.63, 3.8) is 0 Å². The van der Waals surface area contributed by atoms with E-state index in [1.54, 1.807) is 7.11 Å². The van der Waals surface area contributed by atoms with E-state index in [-0.39, 0.29) is 5.91 Å². The maximum absolute atomic E-state index is 11.1. The van der Waals surface area contributed by atoms with Crippen molar-refractivity contribution in [2.45, 2.75) is 26.9 Å². The van der Waals surface area contributed by atoms with Crippen molar-refractivity contribution in [3.8, 4) is 5.75 Å². The van der Waals surface area contributed by atoms with Crippen LogP contribution in [0.4, 0.5) is 11.4 Å². The Hall–Kier alpha value is -2.43. The van der Waals surface area contributed by atoms with E-state index < -0.39 is 0 Å². The van der Waals surface area contributed by atoms with Gasteiger partial charge in [-0.25, -0.2) is 0 Å². The SMILES string of the molecule is CCn1ccc(CNc2cc(NC(C)=O)ccc2OC)c1. The summed E-state index contributed by atoms with van der Waals surface area (Å²) in [5.41, 5.74) is 2.80. The van der Waals surface area contributed by atoms with Crippen molar-refractivity contribution in [3.05, 3.63) is 42.2 Å². The van der Waals surface area contributed by atoms with Gasteiger partial charge in [-0.3, -0.25) is 4.79 Å². The second-order valence-electron chi connectivity index (χ2n) is 4.80. The number of carbonyl (C=O) groups is 1. The topological polar surface area (TPSA) is 55.3 Å². The maximum Gasteiger partial charge on any atom is 0.221 e. The van der Waals surface area contributed by atoms with E-state index in [0.29, 0.717) is 6.54 Å². The van der Waals surface area contributed by atoms with Crippen LogP contribution in [0.3, 0.4) is 0 Å². The number of hydrogen-bond acceptors (Lipinski definition) is 3. The minimum Gasteiger partial charge on any atom is -0.495 e. The minimum absolute atomic E-state index is 0.0915. The number of carbonyl (C=O) groups excluding carboxylic acids is 1. The highest BCUT2D eigenvalue weighted by molar-refractivity contribution is 5.89. The van der Waals surface area contributed by atoms with E-state index in [2.05, 4.69) is 40.6 Å². The fraction of sp³-hybridized carbons (Fsp3) is 0.312. The van der Waals surface area contributed by atoms with Crippen LogP contribution < -0.4 is 15.4 Å². The number of anilines is 2. The smallest absolute Gasteiger partial charge is 0.221 e. The first-order valence-electron chi connectivity index (χ1n) is 6.96. The van der Waals surface area contributed by atoms with Crippen molar-refractivity contribution in [1.29, 1.82) is 0 Å². The van der Waals surface area contributed by atoms with Crippen LogP contribution >= 0.6 is 0 Å². The number of aryl methyl sites for hydroxylation is 1. The van der Waals surface area contributed by atoms with Crippen LogP contribution in [0.15, 0.2) is 36.7 Å². The molecule has 0 bridgehead atoms. The van der Waals surface area contributed by atoms with Gasteiger partial charge < -0.3 is 19.9 Å². The summed E-state index contributed by atoms with van der Waals surface area (Å²) in [6.07, 6.45) is 4.17. The lowest BCUT2D eigenvalue weighted by Gasteiger charge is -2.12. The zero-order valence-corrected chi connectivity index (χ0v) is 12.6. The molecule has 0 aliphatic heterocycles. The highest BCUT2D eigenvalue weighted by Gasteiger charge is 2.06. The molecule has 0 fully saturated rings. The quantitative estimate of drug-likeness (QED) is 0.858. The summed E-state index contributed by atoms with van der Waals surface area (Å²) in [7, 11) is 1.63. The van der Waals surface area contributed by atoms with Gasteiger partial charge in [0.05, 0.1) is 12.8 Å². The lowest BCUT2D eigenvalue weighted by atomic mass is 10.2. The second-order valence-corrected chi connectivity index (χ2v) is 4.80. The van der Waals surface area contributed by atoms with Crippen LogP contribution in [0.1, 0.15) is 19.4 Å². The van der Waals surface area contributed by atoms with E-state index >= 15 is 0 Å². The highest BCUT2D eigenvalue weighted by atomic mass is 16.5. The van der Waals surface area contributed by atoms with Gasteiger partial charge in [0.15, 0.2) is 0 Å². The Kier molecular flexibility index (Phi) is 4.87. The normalized spacial score (nSPS) is 10.2. The molecule has 2 rings (SSSR count). The van der Waals surface area contributed by atoms with Crippen molar-refractivity contribution in [1.82, 2.24) is 4.57 Å². The van der Waals surface area contributed by atoms with Gasteiger partial charge in [0.2, 0.25) is 5.91 Å². The number of nitrogens with one attached hydrogen (secondary N) is 2. The average molecular weight is 287 g/mol. The molecular formula is C16H21N3O2. The van der Waals surface area contributed by atoms with Crippen LogP contribution in [-0.4, -0.2) is 17.6 Å². The summed E-state index contributed by atoms with van der Waals surface area (Å²) in [5.74, 6) is 0.658. The minimum atomic E-state index is -0.0915. The van der Waals surface area contributed by atoms with Crippen LogP contribution in [0.5, 0.6) is 5.75 Å². The number of amides is 1. The average Bonchev–Trinajstić information content (AvgIpc) is 2.92. The molecule has 1 heterocycles. The Morgan fingerprint density at radius 3 is 2.76 bits per heavy atom. The number of ether oxygens (including phenoxy) is 1. The largest absolute Gasteiger partial charge is 0.495 e. The Morgan fingerprint density at radius 2 is 2.14 bits per heavy atom. The molecule has 0 unspecified atom stereocenters. The molecule has 5 nitrogen and oxygen atoms in total. The summed E-state index contributed by atoms with van der Waals surface area (Å²) >= 11 is 0. The van der Waals surface area contributed by atoms with Crippen molar-refractivity contribution in [2.75, 3.05) is 17.7 Å². The Bertz CT molecular complexity index is 620. The highest BCUT2D eigenvalue weighted by Crippen LogP contribution is 2.28. The molecule has 2 N–H and O–H groups in total. The van der Waals surface area contributed by atoms with Crippen LogP contribution in [0.2, 0.25) is 0 Å². The summed E-state index contributed by atoms with van der Waals surface area (Å²) in [4.78, 5) is 11.1. The maximum atomic E-state index is 11.1. The lowest BCUT2D eigenvalue weighted by molar-refractivity contribution is -0.114. The van der Waals surface area contributed by atoms with E-state index in [9.17, 15) is 4.79 Å². The van der Waals surface area contributed by atoms with Crippen molar-refractivity contribution >= 4 is 17.3 Å². The van der Waals surface area contributed by atoms with E-state index in [4.69, 9.17) is 4.74 Å². The van der Waals surface area contributed by atoms with Gasteiger partial charge >= 0.3 is 0 Å². The molecule has 0 saturated heterocycles. The molecule has 2 aromatic rings. The number of hydrogen-bond donors (Lipinski definition) is 2. The van der Waals surface area contributed by atoms with Crippen molar-refractivity contribution < 1.29 is 9.53 Å². The first kappa shape index (κ1) is 15.0. The molecule has 0 atom stereocenters. The molecule has 5 heteroatoms. The molecule has 0 saturated carbocycles. The summed E-state index contributed by atoms with van der Waals surface area (Å²) in [5, 5.41) is 6.11. The van der Waals surface area contributed by atoms with E-state index in [1.165, 1.54) is 12.5 Å². The zero-order chi connectivity index (χ0) is 15.2.